The number of likely N-dealkylation sites (tertiary alicyclic amines) is 1. The van der Waals surface area contributed by atoms with E-state index in [4.69, 9.17) is 10.5 Å². The number of esters is 1. The molecule has 1 saturated heterocycles. The van der Waals surface area contributed by atoms with Gasteiger partial charge in [-0.05, 0) is 31.0 Å². The zero-order chi connectivity index (χ0) is 15.9. The summed E-state index contributed by atoms with van der Waals surface area (Å²) in [6.45, 7) is 1.54. The molecule has 0 aliphatic carbocycles. The molecule has 0 atom stereocenters. The third-order valence-corrected chi connectivity index (χ3v) is 3.74. The lowest BCUT2D eigenvalue weighted by atomic mass is 10.2. The number of ether oxygens (including phenoxy) is 2. The van der Waals surface area contributed by atoms with Crippen LogP contribution < -0.4 is 10.5 Å². The van der Waals surface area contributed by atoms with Gasteiger partial charge in [-0.25, -0.2) is 4.79 Å². The second-order valence-corrected chi connectivity index (χ2v) is 5.33. The molecule has 1 aromatic rings. The van der Waals surface area contributed by atoms with Gasteiger partial charge < -0.3 is 20.1 Å². The van der Waals surface area contributed by atoms with Gasteiger partial charge >= 0.3 is 5.97 Å². The standard InChI is InChI=1S/C16H22N2O4/c1-21-16(20)12-6-7-14(13(17)10-12)22-11-15(19)18-8-4-2-3-5-9-18/h6-7,10H,2-5,8-9,11,17H2,1H3. The van der Waals surface area contributed by atoms with E-state index in [1.807, 2.05) is 4.90 Å². The lowest BCUT2D eigenvalue weighted by Gasteiger charge is -2.20. The molecule has 2 rings (SSSR count). The molecule has 2 N–H and O–H groups in total. The van der Waals surface area contributed by atoms with Gasteiger partial charge in [-0.15, -0.1) is 0 Å². The molecule has 6 heteroatoms. The summed E-state index contributed by atoms with van der Waals surface area (Å²) in [6.07, 6.45) is 4.43. The third kappa shape index (κ3) is 4.13. The summed E-state index contributed by atoms with van der Waals surface area (Å²) < 4.78 is 10.1. The number of amides is 1. The van der Waals surface area contributed by atoms with Gasteiger partial charge in [0.15, 0.2) is 6.61 Å². The molecular formula is C16H22N2O4. The maximum atomic E-state index is 12.1. The highest BCUT2D eigenvalue weighted by Gasteiger charge is 2.16. The minimum atomic E-state index is -0.459. The number of anilines is 1. The lowest BCUT2D eigenvalue weighted by Crippen LogP contribution is -2.35. The van der Waals surface area contributed by atoms with E-state index in [2.05, 4.69) is 4.74 Å². The third-order valence-electron chi connectivity index (χ3n) is 3.74. The van der Waals surface area contributed by atoms with E-state index in [1.165, 1.54) is 26.0 Å². The topological polar surface area (TPSA) is 81.9 Å². The van der Waals surface area contributed by atoms with Crippen molar-refractivity contribution < 1.29 is 19.1 Å². The maximum absolute atomic E-state index is 12.1. The fourth-order valence-corrected chi connectivity index (χ4v) is 2.48. The zero-order valence-electron chi connectivity index (χ0n) is 12.8. The van der Waals surface area contributed by atoms with Crippen molar-refractivity contribution >= 4 is 17.6 Å². The summed E-state index contributed by atoms with van der Waals surface area (Å²) in [5.41, 5.74) is 6.51. The number of carbonyl (C=O) groups excluding carboxylic acids is 2. The molecule has 1 aliphatic rings. The number of nitrogen functional groups attached to an aromatic ring is 1. The van der Waals surface area contributed by atoms with Crippen molar-refractivity contribution in [3.63, 3.8) is 0 Å². The molecule has 1 aromatic carbocycles. The van der Waals surface area contributed by atoms with E-state index in [0.717, 1.165) is 25.9 Å². The molecule has 1 aliphatic heterocycles. The van der Waals surface area contributed by atoms with E-state index >= 15 is 0 Å². The number of benzene rings is 1. The zero-order valence-corrected chi connectivity index (χ0v) is 12.8. The minimum absolute atomic E-state index is 0.0293. The van der Waals surface area contributed by atoms with Gasteiger partial charge in [0.25, 0.3) is 5.91 Å². The molecular weight excluding hydrogens is 284 g/mol. The van der Waals surface area contributed by atoms with Crippen LogP contribution in [0.25, 0.3) is 0 Å². The first-order valence-corrected chi connectivity index (χ1v) is 7.50. The Bertz CT molecular complexity index is 537. The van der Waals surface area contributed by atoms with Gasteiger partial charge in [0.05, 0.1) is 18.4 Å². The van der Waals surface area contributed by atoms with Crippen molar-refractivity contribution in [2.45, 2.75) is 25.7 Å². The number of carbonyl (C=O) groups is 2. The largest absolute Gasteiger partial charge is 0.482 e. The molecule has 0 saturated carbocycles. The normalized spacial score (nSPS) is 15.0. The molecule has 0 radical (unpaired) electrons. The Morgan fingerprint density at radius 2 is 1.86 bits per heavy atom. The highest BCUT2D eigenvalue weighted by atomic mass is 16.5. The summed E-state index contributed by atoms with van der Waals surface area (Å²) in [6, 6.07) is 4.63. The van der Waals surface area contributed by atoms with Crippen molar-refractivity contribution in [1.82, 2.24) is 4.90 Å². The van der Waals surface area contributed by atoms with Gasteiger partial charge in [-0.3, -0.25) is 4.79 Å². The monoisotopic (exact) mass is 306 g/mol. The van der Waals surface area contributed by atoms with Gasteiger partial charge in [-0.1, -0.05) is 12.8 Å². The van der Waals surface area contributed by atoms with Gasteiger partial charge in [0.2, 0.25) is 0 Å². The fourth-order valence-electron chi connectivity index (χ4n) is 2.48. The van der Waals surface area contributed by atoms with Gasteiger partial charge in [0, 0.05) is 13.1 Å². The smallest absolute Gasteiger partial charge is 0.337 e. The highest BCUT2D eigenvalue weighted by Crippen LogP contribution is 2.23. The Labute approximate surface area is 130 Å². The Morgan fingerprint density at radius 1 is 1.18 bits per heavy atom. The summed E-state index contributed by atoms with van der Waals surface area (Å²) in [7, 11) is 1.31. The second kappa shape index (κ2) is 7.68. The van der Waals surface area contributed by atoms with Crippen LogP contribution >= 0.6 is 0 Å². The number of nitrogens with two attached hydrogens (primary N) is 1. The Morgan fingerprint density at radius 3 is 2.45 bits per heavy atom. The average molecular weight is 306 g/mol. The van der Waals surface area contributed by atoms with Crippen molar-refractivity contribution in [2.75, 3.05) is 32.5 Å². The Balaban J connectivity index is 1.93. The lowest BCUT2D eigenvalue weighted by molar-refractivity contribution is -0.133. The van der Waals surface area contributed by atoms with Crippen LogP contribution in [0.1, 0.15) is 36.0 Å². The van der Waals surface area contributed by atoms with Crippen LogP contribution in [0, 0.1) is 0 Å². The predicted molar refractivity (Wildman–Crippen MR) is 82.7 cm³/mol. The maximum Gasteiger partial charge on any atom is 0.337 e. The number of rotatable bonds is 4. The molecule has 6 nitrogen and oxygen atoms in total. The van der Waals surface area contributed by atoms with E-state index in [-0.39, 0.29) is 12.5 Å². The molecule has 0 unspecified atom stereocenters. The van der Waals surface area contributed by atoms with Gasteiger partial charge in [0.1, 0.15) is 5.75 Å². The molecule has 1 amide bonds. The highest BCUT2D eigenvalue weighted by molar-refractivity contribution is 5.91. The van der Waals surface area contributed by atoms with E-state index < -0.39 is 5.97 Å². The Hall–Kier alpha value is -2.24. The van der Waals surface area contributed by atoms with E-state index in [1.54, 1.807) is 12.1 Å². The summed E-state index contributed by atoms with van der Waals surface area (Å²) >= 11 is 0. The summed E-state index contributed by atoms with van der Waals surface area (Å²) in [4.78, 5) is 25.4. The van der Waals surface area contributed by atoms with Crippen LogP contribution in [-0.2, 0) is 9.53 Å². The number of hydrogen-bond donors (Lipinski definition) is 1. The predicted octanol–water partition coefficient (Wildman–Crippen LogP) is 1.84. The fraction of sp³-hybridized carbons (Fsp3) is 0.500. The van der Waals surface area contributed by atoms with Crippen LogP contribution in [0.15, 0.2) is 18.2 Å². The molecule has 0 aromatic heterocycles. The molecule has 22 heavy (non-hydrogen) atoms. The summed E-state index contributed by atoms with van der Waals surface area (Å²) in [5, 5.41) is 0. The van der Waals surface area contributed by atoms with E-state index in [0.29, 0.717) is 17.0 Å². The van der Waals surface area contributed by atoms with Gasteiger partial charge in [-0.2, -0.15) is 0 Å². The Kier molecular flexibility index (Phi) is 5.63. The molecule has 0 bridgehead atoms. The number of methoxy groups -OCH3 is 1. The van der Waals surface area contributed by atoms with Crippen molar-refractivity contribution in [2.24, 2.45) is 0 Å². The number of nitrogens with zero attached hydrogens (tertiary/aromatic N) is 1. The quantitative estimate of drug-likeness (QED) is 0.678. The average Bonchev–Trinajstić information content (AvgIpc) is 2.81. The first-order chi connectivity index (χ1) is 10.6. The molecule has 0 spiro atoms. The van der Waals surface area contributed by atoms with Crippen molar-refractivity contribution in [3.05, 3.63) is 23.8 Å². The number of hydrogen-bond acceptors (Lipinski definition) is 5. The van der Waals surface area contributed by atoms with Crippen LogP contribution in [0.2, 0.25) is 0 Å². The van der Waals surface area contributed by atoms with Crippen LogP contribution in [0.5, 0.6) is 5.75 Å². The second-order valence-electron chi connectivity index (χ2n) is 5.33. The SMILES string of the molecule is COC(=O)c1ccc(OCC(=O)N2CCCCCC2)c(N)c1. The summed E-state index contributed by atoms with van der Waals surface area (Å²) in [5.74, 6) is -0.0898. The molecule has 1 heterocycles. The van der Waals surface area contributed by atoms with Crippen molar-refractivity contribution in [3.8, 4) is 5.75 Å². The van der Waals surface area contributed by atoms with Crippen LogP contribution in [0.4, 0.5) is 5.69 Å². The molecule has 1 fully saturated rings. The van der Waals surface area contributed by atoms with Crippen LogP contribution in [0.3, 0.4) is 0 Å². The van der Waals surface area contributed by atoms with E-state index in [9.17, 15) is 9.59 Å². The van der Waals surface area contributed by atoms with Crippen LogP contribution in [-0.4, -0.2) is 43.6 Å². The first kappa shape index (κ1) is 16.1. The molecule has 120 valence electrons. The van der Waals surface area contributed by atoms with Crippen molar-refractivity contribution in [1.29, 1.82) is 0 Å². The first-order valence-electron chi connectivity index (χ1n) is 7.50. The minimum Gasteiger partial charge on any atom is -0.482 e.